The topological polar surface area (TPSA) is 15.3 Å². The maximum atomic E-state index is 3.22. The smallest absolute Gasteiger partial charge is 0.0325 e. The summed E-state index contributed by atoms with van der Waals surface area (Å²) in [5, 5.41) is 3.22. The van der Waals surface area contributed by atoms with Gasteiger partial charge >= 0.3 is 0 Å². The molecule has 0 spiro atoms. The van der Waals surface area contributed by atoms with E-state index in [0.717, 1.165) is 30.8 Å². The lowest BCUT2D eigenvalue weighted by atomic mass is 9.88. The molecule has 0 aliphatic heterocycles. The summed E-state index contributed by atoms with van der Waals surface area (Å²) in [7, 11) is 4.31. The molecule has 0 amide bonds. The van der Waals surface area contributed by atoms with E-state index in [9.17, 15) is 0 Å². The summed E-state index contributed by atoms with van der Waals surface area (Å²) in [5.41, 5.74) is 0. The van der Waals surface area contributed by atoms with Crippen LogP contribution in [0.5, 0.6) is 0 Å². The Balaban J connectivity index is 1.49. The number of rotatable bonds is 6. The fourth-order valence-corrected chi connectivity index (χ4v) is 5.22. The molecule has 3 unspecified atom stereocenters. The lowest BCUT2D eigenvalue weighted by Gasteiger charge is -2.26. The zero-order chi connectivity index (χ0) is 13.2. The van der Waals surface area contributed by atoms with E-state index in [1.54, 1.807) is 0 Å². The maximum absolute atomic E-state index is 3.22. The molecule has 1 aromatic rings. The van der Waals surface area contributed by atoms with Gasteiger partial charge in [0.2, 0.25) is 0 Å². The van der Waals surface area contributed by atoms with Gasteiger partial charge in [0.05, 0.1) is 0 Å². The molecule has 106 valence electrons. The molecule has 2 nitrogen and oxygen atoms in total. The summed E-state index contributed by atoms with van der Waals surface area (Å²) >= 11 is 1.95. The zero-order valence-electron chi connectivity index (χ0n) is 12.2. The summed E-state index contributed by atoms with van der Waals surface area (Å²) in [6, 6.07) is 4.57. The number of thiophene rings is 1. The summed E-state index contributed by atoms with van der Waals surface area (Å²) in [4.78, 5) is 5.50. The van der Waals surface area contributed by atoms with Crippen LogP contribution in [0.1, 0.15) is 35.4 Å². The van der Waals surface area contributed by atoms with Gasteiger partial charge in [-0.25, -0.2) is 0 Å². The number of fused-ring (bicyclic) bond motifs is 2. The van der Waals surface area contributed by atoms with E-state index in [2.05, 4.69) is 29.4 Å². The van der Waals surface area contributed by atoms with Gasteiger partial charge in [0.25, 0.3) is 0 Å². The predicted octanol–water partition coefficient (Wildman–Crippen LogP) is 3.34. The van der Waals surface area contributed by atoms with E-state index in [-0.39, 0.29) is 0 Å². The van der Waals surface area contributed by atoms with Gasteiger partial charge in [0, 0.05) is 29.4 Å². The monoisotopic (exact) mass is 278 g/mol. The third-order valence-corrected chi connectivity index (χ3v) is 5.99. The molecule has 0 radical (unpaired) electrons. The Morgan fingerprint density at radius 2 is 2.11 bits per heavy atom. The van der Waals surface area contributed by atoms with Crippen LogP contribution in [0.25, 0.3) is 0 Å². The summed E-state index contributed by atoms with van der Waals surface area (Å²) in [6.45, 7) is 3.43. The standard InChI is InChI=1S/C16H26N2S/c1-17-9-15-5-6-16(19-15)11-18(2)10-14-8-12-3-4-13(14)7-12/h5-6,12-14,17H,3-4,7-11H2,1-2H3. The fourth-order valence-electron chi connectivity index (χ4n) is 4.11. The summed E-state index contributed by atoms with van der Waals surface area (Å²) in [6.07, 6.45) is 6.06. The van der Waals surface area contributed by atoms with Crippen LogP contribution in [0, 0.1) is 17.8 Å². The number of nitrogens with zero attached hydrogens (tertiary/aromatic N) is 1. The Labute approximate surface area is 121 Å². The minimum Gasteiger partial charge on any atom is -0.315 e. The quantitative estimate of drug-likeness (QED) is 0.858. The normalized spacial score (nSPS) is 29.5. The van der Waals surface area contributed by atoms with E-state index < -0.39 is 0 Å². The van der Waals surface area contributed by atoms with Crippen molar-refractivity contribution < 1.29 is 0 Å². The van der Waals surface area contributed by atoms with Crippen molar-refractivity contribution in [2.45, 2.75) is 38.8 Å². The van der Waals surface area contributed by atoms with E-state index in [1.807, 2.05) is 18.4 Å². The van der Waals surface area contributed by atoms with Gasteiger partial charge in [-0.1, -0.05) is 6.42 Å². The molecule has 2 aliphatic rings. The second kappa shape index (κ2) is 5.94. The highest BCUT2D eigenvalue weighted by molar-refractivity contribution is 7.11. The number of hydrogen-bond donors (Lipinski definition) is 1. The molecular formula is C16H26N2S. The summed E-state index contributed by atoms with van der Waals surface area (Å²) in [5.74, 6) is 3.11. The first-order valence-corrected chi connectivity index (χ1v) is 8.47. The molecular weight excluding hydrogens is 252 g/mol. The van der Waals surface area contributed by atoms with Gasteiger partial charge in [-0.3, -0.25) is 0 Å². The van der Waals surface area contributed by atoms with E-state index in [1.165, 1.54) is 42.0 Å². The number of hydrogen-bond acceptors (Lipinski definition) is 3. The molecule has 2 saturated carbocycles. The first-order valence-electron chi connectivity index (χ1n) is 7.65. The second-order valence-electron chi connectivity index (χ2n) is 6.53. The summed E-state index contributed by atoms with van der Waals surface area (Å²) < 4.78 is 0. The van der Waals surface area contributed by atoms with E-state index in [0.29, 0.717) is 0 Å². The Hall–Kier alpha value is -0.380. The predicted molar refractivity (Wildman–Crippen MR) is 82.4 cm³/mol. The zero-order valence-corrected chi connectivity index (χ0v) is 13.0. The van der Waals surface area contributed by atoms with Crippen LogP contribution in [-0.4, -0.2) is 25.5 Å². The first-order chi connectivity index (χ1) is 9.24. The van der Waals surface area contributed by atoms with Crippen molar-refractivity contribution >= 4 is 11.3 Å². The van der Waals surface area contributed by atoms with Gasteiger partial charge in [0.15, 0.2) is 0 Å². The highest BCUT2D eigenvalue weighted by Gasteiger charge is 2.39. The van der Waals surface area contributed by atoms with Crippen LogP contribution in [0.4, 0.5) is 0 Å². The Bertz CT molecular complexity index is 415. The van der Waals surface area contributed by atoms with Gasteiger partial charge in [-0.15, -0.1) is 11.3 Å². The molecule has 2 fully saturated rings. The molecule has 1 N–H and O–H groups in total. The van der Waals surface area contributed by atoms with E-state index >= 15 is 0 Å². The highest BCUT2D eigenvalue weighted by Crippen LogP contribution is 2.48. The number of nitrogens with one attached hydrogen (secondary N) is 1. The largest absolute Gasteiger partial charge is 0.315 e. The van der Waals surface area contributed by atoms with Crippen LogP contribution < -0.4 is 5.32 Å². The van der Waals surface area contributed by atoms with Crippen molar-refractivity contribution in [3.63, 3.8) is 0 Å². The van der Waals surface area contributed by atoms with Crippen LogP contribution in [0.15, 0.2) is 12.1 Å². The van der Waals surface area contributed by atoms with Crippen molar-refractivity contribution in [2.24, 2.45) is 17.8 Å². The third kappa shape index (κ3) is 3.21. The molecule has 1 heterocycles. The SMILES string of the molecule is CNCc1ccc(CN(C)CC2CC3CCC2C3)s1. The van der Waals surface area contributed by atoms with E-state index in [4.69, 9.17) is 0 Å². The van der Waals surface area contributed by atoms with Gasteiger partial charge in [-0.2, -0.15) is 0 Å². The van der Waals surface area contributed by atoms with Gasteiger partial charge in [-0.05, 0) is 63.2 Å². The van der Waals surface area contributed by atoms with Crippen molar-refractivity contribution in [1.29, 1.82) is 0 Å². The molecule has 2 bridgehead atoms. The minimum atomic E-state index is 0.987. The Morgan fingerprint density at radius 1 is 1.26 bits per heavy atom. The molecule has 3 heteroatoms. The molecule has 19 heavy (non-hydrogen) atoms. The average Bonchev–Trinajstić information content (AvgIpc) is 3.06. The van der Waals surface area contributed by atoms with Crippen LogP contribution in [0.3, 0.4) is 0 Å². The molecule has 0 saturated heterocycles. The average molecular weight is 278 g/mol. The lowest BCUT2D eigenvalue weighted by molar-refractivity contribution is 0.216. The molecule has 2 aliphatic carbocycles. The third-order valence-electron chi connectivity index (χ3n) is 4.92. The minimum absolute atomic E-state index is 0.987. The highest BCUT2D eigenvalue weighted by atomic mass is 32.1. The van der Waals surface area contributed by atoms with Gasteiger partial charge < -0.3 is 10.2 Å². The van der Waals surface area contributed by atoms with Gasteiger partial charge in [0.1, 0.15) is 0 Å². The van der Waals surface area contributed by atoms with Crippen molar-refractivity contribution in [3.05, 3.63) is 21.9 Å². The van der Waals surface area contributed by atoms with Crippen molar-refractivity contribution in [1.82, 2.24) is 10.2 Å². The van der Waals surface area contributed by atoms with Crippen LogP contribution in [-0.2, 0) is 13.1 Å². The first kappa shape index (κ1) is 13.6. The lowest BCUT2D eigenvalue weighted by Crippen LogP contribution is -2.28. The Kier molecular flexibility index (Phi) is 4.25. The fraction of sp³-hybridized carbons (Fsp3) is 0.750. The maximum Gasteiger partial charge on any atom is 0.0325 e. The van der Waals surface area contributed by atoms with Crippen LogP contribution >= 0.6 is 11.3 Å². The van der Waals surface area contributed by atoms with Crippen molar-refractivity contribution in [2.75, 3.05) is 20.6 Å². The molecule has 3 rings (SSSR count). The second-order valence-corrected chi connectivity index (χ2v) is 7.78. The molecule has 3 atom stereocenters. The molecule has 0 aromatic carbocycles. The Morgan fingerprint density at radius 3 is 2.79 bits per heavy atom. The molecule has 1 aromatic heterocycles. The van der Waals surface area contributed by atoms with Crippen LogP contribution in [0.2, 0.25) is 0 Å². The van der Waals surface area contributed by atoms with Crippen molar-refractivity contribution in [3.8, 4) is 0 Å².